The van der Waals surface area contributed by atoms with Crippen LogP contribution in [-0.2, 0) is 23.1 Å². The number of hydrogen-bond acceptors (Lipinski definition) is 5. The Hall–Kier alpha value is -0.736. The molecule has 0 saturated carbocycles. The fourth-order valence-corrected chi connectivity index (χ4v) is 9.64. The van der Waals surface area contributed by atoms with Crippen molar-refractivity contribution in [3.8, 4) is 0 Å². The van der Waals surface area contributed by atoms with Crippen molar-refractivity contribution in [1.82, 2.24) is 0 Å². The van der Waals surface area contributed by atoms with E-state index < -0.39 is 16.6 Å². The van der Waals surface area contributed by atoms with Gasteiger partial charge in [-0.25, -0.2) is 0 Å². The monoisotopic (exact) mass is 662 g/mol. The Morgan fingerprint density at radius 1 is 0.911 bits per heavy atom. The first kappa shape index (κ1) is 38.7. The van der Waals surface area contributed by atoms with Gasteiger partial charge in [0.1, 0.15) is 6.10 Å². The summed E-state index contributed by atoms with van der Waals surface area (Å²) in [6.45, 7) is 33.1. The molecule has 1 fully saturated rings. The number of rotatable bonds is 13. The molecule has 3 aliphatic rings. The summed E-state index contributed by atoms with van der Waals surface area (Å²) >= 11 is 0. The average Bonchev–Trinajstić information content (AvgIpc) is 2.89. The van der Waals surface area contributed by atoms with E-state index in [1.807, 2.05) is 0 Å². The van der Waals surface area contributed by atoms with Gasteiger partial charge in [-0.3, -0.25) is 4.79 Å². The molecule has 1 heterocycles. The Morgan fingerprint density at radius 2 is 1.53 bits per heavy atom. The van der Waals surface area contributed by atoms with E-state index in [1.54, 1.807) is 0 Å². The molecule has 0 aromatic carbocycles. The second-order valence-corrected chi connectivity index (χ2v) is 27.6. The maximum Gasteiger partial charge on any atom is 0.308 e. The largest absolute Gasteiger partial charge is 0.462 e. The van der Waals surface area contributed by atoms with Crippen molar-refractivity contribution >= 4 is 22.6 Å². The lowest BCUT2D eigenvalue weighted by molar-refractivity contribution is -0.160. The molecular formula is C38H70O5Si2. The molecule has 0 bridgehead atoms. The zero-order valence-corrected chi connectivity index (χ0v) is 33.7. The Kier molecular flexibility index (Phi) is 12.7. The molecule has 260 valence electrons. The highest BCUT2D eigenvalue weighted by Crippen LogP contribution is 2.47. The zero-order chi connectivity index (χ0) is 34.0. The van der Waals surface area contributed by atoms with Crippen molar-refractivity contribution in [1.29, 1.82) is 0 Å². The number of cyclic esters (lactones) is 1. The second kappa shape index (κ2) is 14.8. The van der Waals surface area contributed by atoms with Crippen molar-refractivity contribution in [3.63, 3.8) is 0 Å². The zero-order valence-electron chi connectivity index (χ0n) is 31.7. The highest BCUT2D eigenvalue weighted by Gasteiger charge is 2.46. The first-order valence-electron chi connectivity index (χ1n) is 18.2. The molecule has 3 rings (SSSR count). The molecule has 8 atom stereocenters. The van der Waals surface area contributed by atoms with Gasteiger partial charge in [-0.2, -0.15) is 0 Å². The molecule has 0 radical (unpaired) electrons. The molecule has 2 aliphatic carbocycles. The third kappa shape index (κ3) is 9.90. The fraction of sp³-hybridized carbons (Fsp3) is 0.868. The van der Waals surface area contributed by atoms with Gasteiger partial charge in [-0.05, 0) is 84.8 Å². The molecule has 0 N–H and O–H groups in total. The van der Waals surface area contributed by atoms with E-state index in [-0.39, 0.29) is 45.9 Å². The average molecular weight is 663 g/mol. The first-order chi connectivity index (χ1) is 20.6. The molecular weight excluding hydrogens is 593 g/mol. The standard InChI is InChI=1S/C38H70O5Si2/c1-15-21-38(10,16-2)26-40-33-24-30(42-44(11,12)36(4,5)6)22-28-18-17-27(3)32(35(28)33)20-19-29-23-31(25-34(39)41-29)43-45(13,14)37(7,8)9/h17-18,22,27,29-33,35H,15-16,19-21,23-26H2,1-14H3/t27-,29-,30-,31-,32+,33+,35+,38?/m1/s1. The van der Waals surface area contributed by atoms with Crippen LogP contribution in [0.2, 0.25) is 36.3 Å². The lowest BCUT2D eigenvalue weighted by Gasteiger charge is -2.47. The van der Waals surface area contributed by atoms with Gasteiger partial charge in [-0.15, -0.1) is 0 Å². The third-order valence-corrected chi connectivity index (χ3v) is 21.3. The first-order valence-corrected chi connectivity index (χ1v) is 24.0. The lowest BCUT2D eigenvalue weighted by Crippen LogP contribution is -2.48. The van der Waals surface area contributed by atoms with E-state index >= 15 is 0 Å². The predicted molar refractivity (Wildman–Crippen MR) is 194 cm³/mol. The summed E-state index contributed by atoms with van der Waals surface area (Å²) < 4.78 is 26.7. The fourth-order valence-electron chi connectivity index (χ4n) is 7.00. The van der Waals surface area contributed by atoms with Crippen molar-refractivity contribution in [2.75, 3.05) is 6.61 Å². The van der Waals surface area contributed by atoms with Gasteiger partial charge in [0.15, 0.2) is 16.6 Å². The highest BCUT2D eigenvalue weighted by molar-refractivity contribution is 6.74. The summed E-state index contributed by atoms with van der Waals surface area (Å²) in [7, 11) is -3.92. The van der Waals surface area contributed by atoms with Crippen molar-refractivity contribution in [2.24, 2.45) is 23.2 Å². The molecule has 1 saturated heterocycles. The number of hydrogen-bond donors (Lipinski definition) is 0. The summed E-state index contributed by atoms with van der Waals surface area (Å²) in [5.74, 6) is 1.08. The molecule has 0 aromatic rings. The van der Waals surface area contributed by atoms with E-state index in [9.17, 15) is 4.79 Å². The molecule has 1 aliphatic heterocycles. The smallest absolute Gasteiger partial charge is 0.308 e. The third-order valence-electron chi connectivity index (χ3n) is 12.3. The molecule has 0 amide bonds. The van der Waals surface area contributed by atoms with E-state index in [1.165, 1.54) is 18.4 Å². The van der Waals surface area contributed by atoms with Gasteiger partial charge in [0.2, 0.25) is 0 Å². The van der Waals surface area contributed by atoms with E-state index in [4.69, 9.17) is 18.3 Å². The van der Waals surface area contributed by atoms with Gasteiger partial charge >= 0.3 is 5.97 Å². The van der Waals surface area contributed by atoms with Crippen LogP contribution in [0.3, 0.4) is 0 Å². The second-order valence-electron chi connectivity index (χ2n) is 18.1. The van der Waals surface area contributed by atoms with Gasteiger partial charge in [-0.1, -0.05) is 93.9 Å². The van der Waals surface area contributed by atoms with E-state index in [0.29, 0.717) is 24.2 Å². The number of fused-ring (bicyclic) bond motifs is 1. The summed E-state index contributed by atoms with van der Waals surface area (Å²) in [5, 5.41) is 0.271. The van der Waals surface area contributed by atoms with Crippen molar-refractivity contribution in [3.05, 3.63) is 23.8 Å². The maximum atomic E-state index is 12.8. The van der Waals surface area contributed by atoms with Crippen LogP contribution in [0.25, 0.3) is 0 Å². The summed E-state index contributed by atoms with van der Waals surface area (Å²) in [6, 6.07) is 0. The normalized spacial score (nSPS) is 31.2. The predicted octanol–water partition coefficient (Wildman–Crippen LogP) is 10.6. The van der Waals surface area contributed by atoms with Crippen LogP contribution >= 0.6 is 0 Å². The maximum absolute atomic E-state index is 12.8. The number of carbonyl (C=O) groups is 1. The van der Waals surface area contributed by atoms with Gasteiger partial charge in [0, 0.05) is 18.8 Å². The molecule has 45 heavy (non-hydrogen) atoms. The minimum atomic E-state index is -1.97. The summed E-state index contributed by atoms with van der Waals surface area (Å²) in [5.41, 5.74) is 1.57. The SMILES string of the molecule is CCCC(C)(CC)CO[C@H]1C[C@H](O[Si](C)(C)C(C)(C)C)C=C2C=C[C@@H](C)[C@H](CC[C@@H]3C[C@@H](O[Si](C)(C)C(C)(C)C)CC(=O)O3)[C@H]21. The van der Waals surface area contributed by atoms with Crippen LogP contribution < -0.4 is 0 Å². The Labute approximate surface area is 279 Å². The van der Waals surface area contributed by atoms with Crippen LogP contribution in [0.4, 0.5) is 0 Å². The topological polar surface area (TPSA) is 54.0 Å². The molecule has 7 heteroatoms. The van der Waals surface area contributed by atoms with Crippen LogP contribution in [0.5, 0.6) is 0 Å². The lowest BCUT2D eigenvalue weighted by atomic mass is 9.66. The van der Waals surface area contributed by atoms with Crippen LogP contribution in [-0.4, -0.2) is 53.6 Å². The Bertz CT molecular complexity index is 1050. The van der Waals surface area contributed by atoms with Crippen LogP contribution in [0.1, 0.15) is 121 Å². The van der Waals surface area contributed by atoms with E-state index in [0.717, 1.165) is 38.7 Å². The van der Waals surface area contributed by atoms with E-state index in [2.05, 4.69) is 114 Å². The number of ether oxygens (including phenoxy) is 2. The number of carbonyl (C=O) groups excluding carboxylic acids is 1. The van der Waals surface area contributed by atoms with Gasteiger partial charge in [0.05, 0.1) is 31.3 Å². The van der Waals surface area contributed by atoms with Gasteiger partial charge < -0.3 is 18.3 Å². The van der Waals surface area contributed by atoms with Crippen LogP contribution in [0.15, 0.2) is 23.8 Å². The molecule has 0 aromatic heterocycles. The summed E-state index contributed by atoms with van der Waals surface area (Å²) in [4.78, 5) is 12.8. The van der Waals surface area contributed by atoms with Crippen molar-refractivity contribution < 1.29 is 23.1 Å². The molecule has 0 spiro atoms. The Morgan fingerprint density at radius 3 is 2.11 bits per heavy atom. The quantitative estimate of drug-likeness (QED) is 0.145. The van der Waals surface area contributed by atoms with Gasteiger partial charge in [0.25, 0.3) is 0 Å². The molecule has 1 unspecified atom stereocenters. The van der Waals surface area contributed by atoms with Crippen LogP contribution in [0, 0.1) is 23.2 Å². The van der Waals surface area contributed by atoms with Crippen molar-refractivity contribution in [2.45, 2.75) is 181 Å². The summed E-state index contributed by atoms with van der Waals surface area (Å²) in [6.07, 6.45) is 14.7. The molecule has 5 nitrogen and oxygen atoms in total. The number of allylic oxidation sites excluding steroid dienone is 2. The highest BCUT2D eigenvalue weighted by atomic mass is 28.4. The number of esters is 1. The minimum absolute atomic E-state index is 0.0411. The Balaban J connectivity index is 1.83. The minimum Gasteiger partial charge on any atom is -0.462 e.